The number of esters is 1. The Kier molecular flexibility index (Phi) is 15.0. The van der Waals surface area contributed by atoms with Crippen LogP contribution in [0.5, 0.6) is 0 Å². The van der Waals surface area contributed by atoms with Crippen molar-refractivity contribution in [3.63, 3.8) is 0 Å². The van der Waals surface area contributed by atoms with Crippen LogP contribution in [0.1, 0.15) is 71.6 Å². The molecule has 0 aliphatic carbocycles. The number of carbonyl (C=O) groups is 2. The maximum Gasteiger partial charge on any atom is 0.411 e. The van der Waals surface area contributed by atoms with Gasteiger partial charge in [0.25, 0.3) is 0 Å². The molecule has 1 amide bonds. The number of amides is 1. The summed E-state index contributed by atoms with van der Waals surface area (Å²) in [6.07, 6.45) is 15.4. The first-order valence-electron chi connectivity index (χ1n) is 9.16. The molecule has 138 valence electrons. The third-order valence-electron chi connectivity index (χ3n) is 3.75. The highest BCUT2D eigenvalue weighted by Gasteiger charge is 2.17. The van der Waals surface area contributed by atoms with Crippen LogP contribution in [0.2, 0.25) is 0 Å². The summed E-state index contributed by atoms with van der Waals surface area (Å²) < 4.78 is 9.95. The molecule has 5 nitrogen and oxygen atoms in total. The molecule has 5 heteroatoms. The molecule has 0 fully saturated rings. The Hall–Kier alpha value is -1.70. The second-order valence-electron chi connectivity index (χ2n) is 5.82. The van der Waals surface area contributed by atoms with Crippen molar-refractivity contribution < 1.29 is 19.1 Å². The highest BCUT2D eigenvalue weighted by molar-refractivity contribution is 5.78. The largest absolute Gasteiger partial charge is 0.464 e. The third kappa shape index (κ3) is 12.8. The Morgan fingerprint density at radius 2 is 1.50 bits per heavy atom. The zero-order valence-corrected chi connectivity index (χ0v) is 15.3. The van der Waals surface area contributed by atoms with Crippen LogP contribution in [0, 0.1) is 12.3 Å². The van der Waals surface area contributed by atoms with Gasteiger partial charge in [0, 0.05) is 6.54 Å². The molecule has 0 N–H and O–H groups in total. The maximum absolute atomic E-state index is 11.7. The lowest BCUT2D eigenvalue weighted by Crippen LogP contribution is -2.36. The zero-order valence-electron chi connectivity index (χ0n) is 15.3. The van der Waals surface area contributed by atoms with E-state index in [2.05, 4.69) is 12.8 Å². The quantitative estimate of drug-likeness (QED) is 0.271. The predicted octanol–water partition coefficient (Wildman–Crippen LogP) is 4.15. The number of terminal acetylenes is 1. The van der Waals surface area contributed by atoms with Crippen molar-refractivity contribution in [3.05, 3.63) is 0 Å². The number of rotatable bonds is 14. The number of nitrogens with zero attached hydrogens (tertiary/aromatic N) is 1. The number of hydrogen-bond donors (Lipinski definition) is 0. The molecule has 0 aromatic heterocycles. The maximum atomic E-state index is 11.7. The number of hydrogen-bond acceptors (Lipinski definition) is 4. The van der Waals surface area contributed by atoms with E-state index in [0.29, 0.717) is 13.2 Å². The van der Waals surface area contributed by atoms with Crippen LogP contribution in [0.4, 0.5) is 4.79 Å². The monoisotopic (exact) mass is 339 g/mol. The number of carbonyl (C=O) groups excluding carboxylic acids is 2. The van der Waals surface area contributed by atoms with E-state index < -0.39 is 12.1 Å². The molecular formula is C19H33NO4. The van der Waals surface area contributed by atoms with Crippen molar-refractivity contribution >= 4 is 12.1 Å². The Balaban J connectivity index is 3.61. The van der Waals surface area contributed by atoms with Crippen LogP contribution in [0.15, 0.2) is 0 Å². The third-order valence-corrected chi connectivity index (χ3v) is 3.75. The predicted molar refractivity (Wildman–Crippen MR) is 95.6 cm³/mol. The van der Waals surface area contributed by atoms with Crippen molar-refractivity contribution in [2.24, 2.45) is 0 Å². The summed E-state index contributed by atoms with van der Waals surface area (Å²) in [6, 6.07) is 0. The van der Waals surface area contributed by atoms with Crippen molar-refractivity contribution in [2.45, 2.75) is 71.6 Å². The van der Waals surface area contributed by atoms with E-state index in [1.807, 2.05) is 0 Å². The van der Waals surface area contributed by atoms with E-state index >= 15 is 0 Å². The van der Waals surface area contributed by atoms with E-state index in [4.69, 9.17) is 15.9 Å². The molecule has 0 unspecified atom stereocenters. The van der Waals surface area contributed by atoms with Gasteiger partial charge in [0.05, 0.1) is 6.61 Å². The number of ether oxygens (including phenoxy) is 2. The normalized spacial score (nSPS) is 10.0. The Labute approximate surface area is 147 Å². The molecule has 0 heterocycles. The fraction of sp³-hybridized carbons (Fsp3) is 0.789. The molecule has 0 saturated heterocycles. The average Bonchev–Trinajstić information content (AvgIpc) is 2.59. The summed E-state index contributed by atoms with van der Waals surface area (Å²) in [4.78, 5) is 24.6. The molecule has 0 saturated carbocycles. The fourth-order valence-electron chi connectivity index (χ4n) is 2.30. The molecular weight excluding hydrogens is 306 g/mol. The highest BCUT2D eigenvalue weighted by Crippen LogP contribution is 2.09. The second kappa shape index (κ2) is 16.2. The molecule has 0 radical (unpaired) electrons. The molecule has 0 aromatic rings. The average molecular weight is 339 g/mol. The molecule has 0 aromatic carbocycles. The van der Waals surface area contributed by atoms with Gasteiger partial charge >= 0.3 is 12.1 Å². The zero-order chi connectivity index (χ0) is 18.0. The van der Waals surface area contributed by atoms with Gasteiger partial charge in [0.15, 0.2) is 6.61 Å². The summed E-state index contributed by atoms with van der Waals surface area (Å²) in [5, 5.41) is 0. The Bertz CT molecular complexity index is 376. The topological polar surface area (TPSA) is 55.8 Å². The summed E-state index contributed by atoms with van der Waals surface area (Å²) in [7, 11) is 0. The van der Waals surface area contributed by atoms with Crippen molar-refractivity contribution in [3.8, 4) is 12.3 Å². The van der Waals surface area contributed by atoms with Crippen molar-refractivity contribution in [1.82, 2.24) is 4.90 Å². The van der Waals surface area contributed by atoms with Crippen LogP contribution < -0.4 is 0 Å². The van der Waals surface area contributed by atoms with Gasteiger partial charge in [-0.1, -0.05) is 64.2 Å². The number of likely N-dealkylation sites (N-methyl/N-ethyl adjacent to an activating group) is 1. The first-order chi connectivity index (χ1) is 11.7. The van der Waals surface area contributed by atoms with Gasteiger partial charge in [-0.25, -0.2) is 4.79 Å². The van der Waals surface area contributed by atoms with E-state index in [9.17, 15) is 9.59 Å². The lowest BCUT2D eigenvalue weighted by atomic mass is 10.1. The minimum absolute atomic E-state index is 0.0944. The molecule has 0 atom stereocenters. The highest BCUT2D eigenvalue weighted by atomic mass is 16.6. The van der Waals surface area contributed by atoms with E-state index in [1.54, 1.807) is 6.92 Å². The number of unbranched alkanes of at least 4 members (excludes halogenated alkanes) is 8. The molecule has 24 heavy (non-hydrogen) atoms. The summed E-state index contributed by atoms with van der Waals surface area (Å²) in [6.45, 7) is 4.58. The van der Waals surface area contributed by atoms with Gasteiger partial charge in [-0.15, -0.1) is 6.42 Å². The summed E-state index contributed by atoms with van der Waals surface area (Å²) in [5.74, 6) is 1.81. The molecule has 0 bridgehead atoms. The van der Waals surface area contributed by atoms with E-state index in [0.717, 1.165) is 12.8 Å². The lowest BCUT2D eigenvalue weighted by molar-refractivity contribution is -0.144. The standard InChI is InChI=1S/C19H33NO4/c1-4-7-8-9-10-11-12-13-14-16-23-18(21)17-20(6-3)19(22)24-15-5-2/h2H,4,6-17H2,1,3H3. The Morgan fingerprint density at radius 3 is 2.04 bits per heavy atom. The van der Waals surface area contributed by atoms with Crippen LogP contribution in [0.3, 0.4) is 0 Å². The van der Waals surface area contributed by atoms with Crippen LogP contribution in [-0.2, 0) is 14.3 Å². The van der Waals surface area contributed by atoms with E-state index in [1.165, 1.54) is 49.8 Å². The van der Waals surface area contributed by atoms with Gasteiger partial charge in [0.1, 0.15) is 6.54 Å². The van der Waals surface area contributed by atoms with Crippen LogP contribution >= 0.6 is 0 Å². The smallest absolute Gasteiger partial charge is 0.411 e. The SMILES string of the molecule is C#CCOC(=O)N(CC)CC(=O)OCCCCCCCCCCC. The fourth-order valence-corrected chi connectivity index (χ4v) is 2.30. The van der Waals surface area contributed by atoms with Gasteiger partial charge in [0.2, 0.25) is 0 Å². The minimum Gasteiger partial charge on any atom is -0.464 e. The van der Waals surface area contributed by atoms with Gasteiger partial charge in [-0.3, -0.25) is 9.69 Å². The molecule has 0 aliphatic rings. The van der Waals surface area contributed by atoms with Crippen LogP contribution in [-0.4, -0.2) is 43.3 Å². The summed E-state index contributed by atoms with van der Waals surface area (Å²) >= 11 is 0. The molecule has 0 spiro atoms. The summed E-state index contributed by atoms with van der Waals surface area (Å²) in [5.41, 5.74) is 0. The van der Waals surface area contributed by atoms with Crippen LogP contribution in [0.25, 0.3) is 0 Å². The molecule has 0 rings (SSSR count). The second-order valence-corrected chi connectivity index (χ2v) is 5.82. The van der Waals surface area contributed by atoms with E-state index in [-0.39, 0.29) is 13.2 Å². The molecule has 0 aliphatic heterocycles. The van der Waals surface area contributed by atoms with Crippen molar-refractivity contribution in [2.75, 3.05) is 26.3 Å². The van der Waals surface area contributed by atoms with Gasteiger partial charge < -0.3 is 9.47 Å². The Morgan fingerprint density at radius 1 is 0.917 bits per heavy atom. The van der Waals surface area contributed by atoms with Gasteiger partial charge in [-0.2, -0.15) is 0 Å². The first-order valence-corrected chi connectivity index (χ1v) is 9.16. The van der Waals surface area contributed by atoms with Crippen molar-refractivity contribution in [1.29, 1.82) is 0 Å². The van der Waals surface area contributed by atoms with Gasteiger partial charge in [-0.05, 0) is 13.3 Å². The first kappa shape index (κ1) is 22.3. The lowest BCUT2D eigenvalue weighted by Gasteiger charge is -2.18. The minimum atomic E-state index is -0.588.